The lowest BCUT2D eigenvalue weighted by molar-refractivity contribution is -0.167. The Hall–Kier alpha value is -3.15. The summed E-state index contributed by atoms with van der Waals surface area (Å²) in [5.41, 5.74) is 0. The van der Waals surface area contributed by atoms with Crippen molar-refractivity contribution in [3.05, 3.63) is 72.9 Å². The molecule has 6 nitrogen and oxygen atoms in total. The van der Waals surface area contributed by atoms with Gasteiger partial charge in [-0.2, -0.15) is 0 Å². The summed E-state index contributed by atoms with van der Waals surface area (Å²) in [6.07, 6.45) is 52.1. The van der Waals surface area contributed by atoms with Gasteiger partial charge in [0.1, 0.15) is 13.2 Å². The Morgan fingerprint density at radius 3 is 1.13 bits per heavy atom. The monoisotopic (exact) mass is 753 g/mol. The van der Waals surface area contributed by atoms with E-state index in [1.807, 2.05) is 0 Å². The Labute approximate surface area is 332 Å². The lowest BCUT2D eigenvalue weighted by Gasteiger charge is -2.18. The van der Waals surface area contributed by atoms with Gasteiger partial charge in [-0.25, -0.2) is 0 Å². The zero-order valence-corrected chi connectivity index (χ0v) is 35.0. The normalized spacial score (nSPS) is 12.7. The second kappa shape index (κ2) is 42.6. The summed E-state index contributed by atoms with van der Waals surface area (Å²) in [5.74, 6) is -0.936. The van der Waals surface area contributed by atoms with E-state index in [1.54, 1.807) is 0 Å². The quantitative estimate of drug-likeness (QED) is 0.0270. The van der Waals surface area contributed by atoms with Gasteiger partial charge < -0.3 is 14.2 Å². The van der Waals surface area contributed by atoms with Gasteiger partial charge in [-0.05, 0) is 70.6 Å². The molecule has 0 N–H and O–H groups in total. The third-order valence-corrected chi connectivity index (χ3v) is 8.98. The Morgan fingerprint density at radius 1 is 0.389 bits per heavy atom. The van der Waals surface area contributed by atoms with Crippen molar-refractivity contribution >= 4 is 17.9 Å². The zero-order valence-electron chi connectivity index (χ0n) is 35.0. The van der Waals surface area contributed by atoms with Crippen molar-refractivity contribution in [1.29, 1.82) is 0 Å². The second-order valence-corrected chi connectivity index (χ2v) is 14.2. The van der Waals surface area contributed by atoms with Crippen LogP contribution in [0.2, 0.25) is 0 Å². The van der Waals surface area contributed by atoms with Crippen LogP contribution in [0.1, 0.15) is 194 Å². The summed E-state index contributed by atoms with van der Waals surface area (Å²) >= 11 is 0. The van der Waals surface area contributed by atoms with Gasteiger partial charge in [0.2, 0.25) is 0 Å². The Balaban J connectivity index is 4.19. The first-order valence-electron chi connectivity index (χ1n) is 21.9. The Kier molecular flexibility index (Phi) is 40.1. The first kappa shape index (κ1) is 50.9. The molecule has 0 rings (SSSR count). The Bertz CT molecular complexity index is 1050. The van der Waals surface area contributed by atoms with Crippen LogP contribution < -0.4 is 0 Å². The molecule has 0 aliphatic heterocycles. The van der Waals surface area contributed by atoms with Crippen molar-refractivity contribution in [2.24, 2.45) is 0 Å². The Morgan fingerprint density at radius 2 is 0.722 bits per heavy atom. The smallest absolute Gasteiger partial charge is 0.306 e. The fourth-order valence-electron chi connectivity index (χ4n) is 5.68. The number of ether oxygens (including phenoxy) is 3. The summed E-state index contributed by atoms with van der Waals surface area (Å²) < 4.78 is 16.5. The van der Waals surface area contributed by atoms with Gasteiger partial charge >= 0.3 is 17.9 Å². The van der Waals surface area contributed by atoms with Crippen molar-refractivity contribution in [2.45, 2.75) is 200 Å². The zero-order chi connectivity index (χ0) is 39.4. The predicted octanol–water partition coefficient (Wildman–Crippen LogP) is 13.9. The van der Waals surface area contributed by atoms with E-state index in [9.17, 15) is 14.4 Å². The SMILES string of the molecule is CC/C=C\C/C=C\C/C=C\C/C=C\C/C=C\C/C=C\CCCCCCC(=O)OCC(COC(=O)CCCCCCC)OC(=O)CCCCCCCCCC. The molecule has 6 heteroatoms. The molecule has 0 saturated carbocycles. The van der Waals surface area contributed by atoms with Crippen molar-refractivity contribution in [3.8, 4) is 0 Å². The van der Waals surface area contributed by atoms with Crippen LogP contribution in [-0.2, 0) is 28.6 Å². The number of hydrogen-bond acceptors (Lipinski definition) is 6. The number of rotatable bonds is 38. The largest absolute Gasteiger partial charge is 0.462 e. The molecule has 0 aliphatic carbocycles. The molecule has 0 bridgehead atoms. The average Bonchev–Trinajstić information content (AvgIpc) is 3.17. The van der Waals surface area contributed by atoms with Crippen LogP contribution >= 0.6 is 0 Å². The van der Waals surface area contributed by atoms with Crippen molar-refractivity contribution in [1.82, 2.24) is 0 Å². The van der Waals surface area contributed by atoms with Crippen LogP contribution in [0.25, 0.3) is 0 Å². The molecule has 0 aromatic heterocycles. The number of hydrogen-bond donors (Lipinski definition) is 0. The molecule has 308 valence electrons. The molecule has 0 saturated heterocycles. The summed E-state index contributed by atoms with van der Waals surface area (Å²) in [6, 6.07) is 0. The minimum Gasteiger partial charge on any atom is -0.462 e. The maximum absolute atomic E-state index is 12.6. The summed E-state index contributed by atoms with van der Waals surface area (Å²) in [7, 11) is 0. The third-order valence-electron chi connectivity index (χ3n) is 8.98. The van der Waals surface area contributed by atoms with Gasteiger partial charge in [0.15, 0.2) is 6.10 Å². The molecule has 54 heavy (non-hydrogen) atoms. The average molecular weight is 753 g/mol. The molecular weight excluding hydrogens is 673 g/mol. The first-order chi connectivity index (χ1) is 26.5. The molecule has 0 spiro atoms. The fourth-order valence-corrected chi connectivity index (χ4v) is 5.68. The summed E-state index contributed by atoms with van der Waals surface area (Å²) in [4.78, 5) is 37.3. The van der Waals surface area contributed by atoms with Crippen molar-refractivity contribution in [2.75, 3.05) is 13.2 Å². The highest BCUT2D eigenvalue weighted by Crippen LogP contribution is 2.12. The number of esters is 3. The molecule has 0 heterocycles. The van der Waals surface area contributed by atoms with Gasteiger partial charge in [-0.3, -0.25) is 14.4 Å². The lowest BCUT2D eigenvalue weighted by atomic mass is 10.1. The predicted molar refractivity (Wildman–Crippen MR) is 228 cm³/mol. The van der Waals surface area contributed by atoms with Crippen LogP contribution in [-0.4, -0.2) is 37.2 Å². The molecule has 0 aromatic carbocycles. The standard InChI is InChI=1S/C48H80O6/c1-4-7-10-13-15-17-18-19-20-21-22-23-24-25-26-27-28-29-30-31-33-35-38-41-47(50)53-44-45(43-52-46(49)40-37-34-12-9-6-3)54-48(51)42-39-36-32-16-14-11-8-5-2/h7,10,15,17,19-20,22-23,25-26,28-29,45H,4-6,8-9,11-14,16,18,21,24,27,30-44H2,1-3H3/b10-7-,17-15-,20-19-,23-22-,26-25-,29-28-. The van der Waals surface area contributed by atoms with E-state index >= 15 is 0 Å². The minimum atomic E-state index is -0.777. The third kappa shape index (κ3) is 40.0. The highest BCUT2D eigenvalue weighted by molar-refractivity contribution is 5.71. The number of unbranched alkanes of at least 4 members (excludes halogenated alkanes) is 15. The highest BCUT2D eigenvalue weighted by Gasteiger charge is 2.19. The van der Waals surface area contributed by atoms with Gasteiger partial charge in [0, 0.05) is 19.3 Å². The second-order valence-electron chi connectivity index (χ2n) is 14.2. The number of carbonyl (C=O) groups excluding carboxylic acids is 3. The van der Waals surface area contributed by atoms with E-state index in [-0.39, 0.29) is 31.1 Å². The molecule has 0 fully saturated rings. The molecule has 0 radical (unpaired) electrons. The van der Waals surface area contributed by atoms with Gasteiger partial charge in [-0.1, -0.05) is 177 Å². The molecule has 1 atom stereocenters. The van der Waals surface area contributed by atoms with Gasteiger partial charge in [-0.15, -0.1) is 0 Å². The number of carbonyl (C=O) groups is 3. The maximum atomic E-state index is 12.6. The molecular formula is C48H80O6. The van der Waals surface area contributed by atoms with Gasteiger partial charge in [0.25, 0.3) is 0 Å². The van der Waals surface area contributed by atoms with E-state index in [0.717, 1.165) is 116 Å². The van der Waals surface area contributed by atoms with Crippen LogP contribution in [0.3, 0.4) is 0 Å². The summed E-state index contributed by atoms with van der Waals surface area (Å²) in [6.45, 7) is 6.36. The fraction of sp³-hybridized carbons (Fsp3) is 0.688. The van der Waals surface area contributed by atoms with E-state index < -0.39 is 6.10 Å². The number of allylic oxidation sites excluding steroid dienone is 12. The highest BCUT2D eigenvalue weighted by atomic mass is 16.6. The van der Waals surface area contributed by atoms with E-state index in [1.165, 1.54) is 38.5 Å². The van der Waals surface area contributed by atoms with Crippen LogP contribution in [0.15, 0.2) is 72.9 Å². The van der Waals surface area contributed by atoms with Crippen LogP contribution in [0.5, 0.6) is 0 Å². The van der Waals surface area contributed by atoms with Gasteiger partial charge in [0.05, 0.1) is 0 Å². The van der Waals surface area contributed by atoms with E-state index in [0.29, 0.717) is 19.3 Å². The minimum absolute atomic E-state index is 0.0845. The van der Waals surface area contributed by atoms with Crippen molar-refractivity contribution in [3.63, 3.8) is 0 Å². The molecule has 1 unspecified atom stereocenters. The lowest BCUT2D eigenvalue weighted by Crippen LogP contribution is -2.30. The molecule has 0 aliphatic rings. The van der Waals surface area contributed by atoms with Crippen LogP contribution in [0, 0.1) is 0 Å². The van der Waals surface area contributed by atoms with E-state index in [4.69, 9.17) is 14.2 Å². The molecule has 0 aromatic rings. The first-order valence-corrected chi connectivity index (χ1v) is 21.9. The topological polar surface area (TPSA) is 78.9 Å². The van der Waals surface area contributed by atoms with Crippen molar-refractivity contribution < 1.29 is 28.6 Å². The molecule has 0 amide bonds. The van der Waals surface area contributed by atoms with Crippen LogP contribution in [0.4, 0.5) is 0 Å². The van der Waals surface area contributed by atoms with E-state index in [2.05, 4.69) is 93.7 Å². The maximum Gasteiger partial charge on any atom is 0.306 e. The summed E-state index contributed by atoms with van der Waals surface area (Å²) in [5, 5.41) is 0.